The Balaban J connectivity index is 2.13. The maximum atomic E-state index is 13.0. The third kappa shape index (κ3) is 3.17. The largest absolute Gasteiger partial charge is 0.345 e. The van der Waals surface area contributed by atoms with E-state index in [2.05, 4.69) is 16.4 Å². The molecule has 0 spiro atoms. The molecule has 2 aromatic rings. The number of thiophene rings is 1. The summed E-state index contributed by atoms with van der Waals surface area (Å²) in [6.45, 7) is 5.99. The van der Waals surface area contributed by atoms with Gasteiger partial charge in [-0.2, -0.15) is 4.39 Å². The lowest BCUT2D eigenvalue weighted by atomic mass is 10.1. The number of pyridine rings is 1. The summed E-state index contributed by atoms with van der Waals surface area (Å²) in [5.74, 6) is -0.945. The van der Waals surface area contributed by atoms with Crippen molar-refractivity contribution >= 4 is 17.2 Å². The van der Waals surface area contributed by atoms with Crippen molar-refractivity contribution in [2.75, 3.05) is 0 Å². The van der Waals surface area contributed by atoms with E-state index in [4.69, 9.17) is 0 Å². The minimum atomic E-state index is -0.650. The van der Waals surface area contributed by atoms with Gasteiger partial charge in [0.2, 0.25) is 5.95 Å². The molecule has 0 bridgehead atoms. The summed E-state index contributed by atoms with van der Waals surface area (Å²) >= 11 is 1.70. The lowest BCUT2D eigenvalue weighted by Crippen LogP contribution is -2.26. The van der Waals surface area contributed by atoms with Gasteiger partial charge in [-0.3, -0.25) is 4.79 Å². The minimum Gasteiger partial charge on any atom is -0.345 e. The van der Waals surface area contributed by atoms with Crippen LogP contribution < -0.4 is 5.32 Å². The first-order chi connectivity index (χ1) is 8.97. The fraction of sp³-hybridized carbons (Fsp3) is 0.286. The second-order valence-electron chi connectivity index (χ2n) is 4.43. The van der Waals surface area contributed by atoms with E-state index in [1.807, 2.05) is 20.8 Å². The quantitative estimate of drug-likeness (QED) is 0.874. The normalized spacial score (nSPS) is 12.2. The molecule has 2 heterocycles. The number of nitrogens with one attached hydrogen (secondary N) is 1. The Morgan fingerprint density at radius 3 is 2.74 bits per heavy atom. The van der Waals surface area contributed by atoms with E-state index >= 15 is 0 Å². The smallest absolute Gasteiger partial charge is 0.251 e. The number of aryl methyl sites for hydroxylation is 2. The third-order valence-electron chi connectivity index (χ3n) is 2.88. The standard InChI is InChI=1S/C14H15FN2OS/c1-8-6-12(10(3)19-8)9(2)17-14(18)11-4-5-16-13(15)7-11/h4-7,9H,1-3H3,(H,17,18). The zero-order valence-corrected chi connectivity index (χ0v) is 11.8. The molecule has 0 saturated heterocycles. The Bertz CT molecular complexity index is 609. The number of rotatable bonds is 3. The van der Waals surface area contributed by atoms with Gasteiger partial charge in [-0.1, -0.05) is 0 Å². The van der Waals surface area contributed by atoms with Crippen LogP contribution in [0.1, 0.15) is 38.6 Å². The zero-order valence-electron chi connectivity index (χ0n) is 11.0. The van der Waals surface area contributed by atoms with Crippen molar-refractivity contribution in [2.24, 2.45) is 0 Å². The maximum absolute atomic E-state index is 13.0. The van der Waals surface area contributed by atoms with E-state index in [1.165, 1.54) is 22.0 Å². The molecule has 0 radical (unpaired) electrons. The Morgan fingerprint density at radius 2 is 2.16 bits per heavy atom. The van der Waals surface area contributed by atoms with Crippen LogP contribution in [0.3, 0.4) is 0 Å². The summed E-state index contributed by atoms with van der Waals surface area (Å²) in [5.41, 5.74) is 1.38. The summed E-state index contributed by atoms with van der Waals surface area (Å²) in [4.78, 5) is 17.8. The summed E-state index contributed by atoms with van der Waals surface area (Å²) < 4.78 is 13.0. The highest BCUT2D eigenvalue weighted by Crippen LogP contribution is 2.26. The van der Waals surface area contributed by atoms with Gasteiger partial charge in [-0.25, -0.2) is 4.98 Å². The summed E-state index contributed by atoms with van der Waals surface area (Å²) in [5, 5.41) is 2.87. The molecule has 1 unspecified atom stereocenters. The summed E-state index contributed by atoms with van der Waals surface area (Å²) in [7, 11) is 0. The number of hydrogen-bond acceptors (Lipinski definition) is 3. The van der Waals surface area contributed by atoms with Gasteiger partial charge in [0.1, 0.15) is 0 Å². The molecule has 1 amide bonds. The summed E-state index contributed by atoms with van der Waals surface area (Å²) in [6.07, 6.45) is 1.29. The molecular formula is C14H15FN2OS. The highest BCUT2D eigenvalue weighted by molar-refractivity contribution is 7.12. The molecule has 1 atom stereocenters. The molecule has 0 aliphatic rings. The Kier molecular flexibility index (Phi) is 3.95. The average molecular weight is 278 g/mol. The van der Waals surface area contributed by atoms with E-state index in [0.717, 1.165) is 11.6 Å². The molecule has 0 aliphatic heterocycles. The van der Waals surface area contributed by atoms with Crippen LogP contribution in [0.2, 0.25) is 0 Å². The van der Waals surface area contributed by atoms with Crippen LogP contribution in [0.5, 0.6) is 0 Å². The predicted molar refractivity (Wildman–Crippen MR) is 73.9 cm³/mol. The van der Waals surface area contributed by atoms with Gasteiger partial charge in [0, 0.05) is 27.6 Å². The number of amides is 1. The highest BCUT2D eigenvalue weighted by atomic mass is 32.1. The Hall–Kier alpha value is -1.75. The van der Waals surface area contributed by atoms with Gasteiger partial charge in [0.05, 0.1) is 6.04 Å². The van der Waals surface area contributed by atoms with Crippen molar-refractivity contribution in [3.8, 4) is 0 Å². The van der Waals surface area contributed by atoms with Crippen LogP contribution in [-0.2, 0) is 0 Å². The van der Waals surface area contributed by atoms with Crippen molar-refractivity contribution in [3.63, 3.8) is 0 Å². The predicted octanol–water partition coefficient (Wildman–Crippen LogP) is 3.39. The number of nitrogens with zero attached hydrogens (tertiary/aromatic N) is 1. The minimum absolute atomic E-state index is 0.103. The van der Waals surface area contributed by atoms with Crippen LogP contribution in [-0.4, -0.2) is 10.9 Å². The summed E-state index contributed by atoms with van der Waals surface area (Å²) in [6, 6.07) is 4.59. The Morgan fingerprint density at radius 1 is 1.42 bits per heavy atom. The van der Waals surface area contributed by atoms with Crippen molar-refractivity contribution in [1.82, 2.24) is 10.3 Å². The SMILES string of the molecule is Cc1cc(C(C)NC(=O)c2ccnc(F)c2)c(C)s1. The zero-order chi connectivity index (χ0) is 14.0. The van der Waals surface area contributed by atoms with Gasteiger partial charge < -0.3 is 5.32 Å². The van der Waals surface area contributed by atoms with E-state index in [1.54, 1.807) is 11.3 Å². The van der Waals surface area contributed by atoms with Crippen molar-refractivity contribution in [1.29, 1.82) is 0 Å². The van der Waals surface area contributed by atoms with Gasteiger partial charge in [0.25, 0.3) is 5.91 Å². The van der Waals surface area contributed by atoms with E-state index in [0.29, 0.717) is 0 Å². The highest BCUT2D eigenvalue weighted by Gasteiger charge is 2.15. The lowest BCUT2D eigenvalue weighted by Gasteiger charge is -2.14. The maximum Gasteiger partial charge on any atom is 0.251 e. The molecule has 100 valence electrons. The van der Waals surface area contributed by atoms with Crippen molar-refractivity contribution in [3.05, 3.63) is 51.2 Å². The van der Waals surface area contributed by atoms with Gasteiger partial charge in [0.15, 0.2) is 0 Å². The lowest BCUT2D eigenvalue weighted by molar-refractivity contribution is 0.0939. The second-order valence-corrected chi connectivity index (χ2v) is 5.89. The van der Waals surface area contributed by atoms with Crippen LogP contribution in [0.4, 0.5) is 4.39 Å². The van der Waals surface area contributed by atoms with Crippen LogP contribution in [0, 0.1) is 19.8 Å². The van der Waals surface area contributed by atoms with Gasteiger partial charge in [-0.05, 0) is 38.5 Å². The van der Waals surface area contributed by atoms with E-state index in [-0.39, 0.29) is 17.5 Å². The Labute approximate surface area is 115 Å². The van der Waals surface area contributed by atoms with Gasteiger partial charge in [-0.15, -0.1) is 11.3 Å². The van der Waals surface area contributed by atoms with Crippen molar-refractivity contribution < 1.29 is 9.18 Å². The van der Waals surface area contributed by atoms with E-state index in [9.17, 15) is 9.18 Å². The topological polar surface area (TPSA) is 42.0 Å². The first-order valence-corrected chi connectivity index (χ1v) is 6.78. The molecule has 0 fully saturated rings. The molecule has 5 heteroatoms. The molecule has 3 nitrogen and oxygen atoms in total. The molecular weight excluding hydrogens is 263 g/mol. The number of aromatic nitrogens is 1. The van der Waals surface area contributed by atoms with Crippen molar-refractivity contribution in [2.45, 2.75) is 26.8 Å². The second kappa shape index (κ2) is 5.48. The number of carbonyl (C=O) groups is 1. The molecule has 1 N–H and O–H groups in total. The van der Waals surface area contributed by atoms with Crippen LogP contribution in [0.15, 0.2) is 24.4 Å². The molecule has 2 aromatic heterocycles. The number of halogens is 1. The molecule has 0 saturated carbocycles. The molecule has 2 rings (SSSR count). The number of hydrogen-bond donors (Lipinski definition) is 1. The monoisotopic (exact) mass is 278 g/mol. The van der Waals surface area contributed by atoms with Crippen LogP contribution >= 0.6 is 11.3 Å². The fourth-order valence-corrected chi connectivity index (χ4v) is 3.00. The molecule has 0 aliphatic carbocycles. The van der Waals surface area contributed by atoms with Crippen LogP contribution in [0.25, 0.3) is 0 Å². The van der Waals surface area contributed by atoms with E-state index < -0.39 is 5.95 Å². The third-order valence-corrected chi connectivity index (χ3v) is 3.86. The first kappa shape index (κ1) is 13.7. The van der Waals surface area contributed by atoms with Gasteiger partial charge >= 0.3 is 0 Å². The molecule has 19 heavy (non-hydrogen) atoms. The first-order valence-electron chi connectivity index (χ1n) is 5.96. The molecule has 0 aromatic carbocycles. The number of carbonyl (C=O) groups excluding carboxylic acids is 1. The average Bonchev–Trinajstić information content (AvgIpc) is 2.68. The fourth-order valence-electron chi connectivity index (χ4n) is 1.98.